The van der Waals surface area contributed by atoms with E-state index in [-0.39, 0.29) is 0 Å². The Morgan fingerprint density at radius 3 is 2.39 bits per heavy atom. The Morgan fingerprint density at radius 2 is 1.61 bits per heavy atom. The van der Waals surface area contributed by atoms with Crippen molar-refractivity contribution in [3.8, 4) is 22.4 Å². The number of pyridine rings is 1. The molecule has 0 aliphatic heterocycles. The van der Waals surface area contributed by atoms with E-state index in [2.05, 4.69) is 98.4 Å². The Bertz CT molecular complexity index is 1230. The van der Waals surface area contributed by atoms with Crippen LogP contribution in [0.2, 0.25) is 0 Å². The van der Waals surface area contributed by atoms with Crippen molar-refractivity contribution in [2.24, 2.45) is 13.0 Å². The molecule has 0 bridgehead atoms. The van der Waals surface area contributed by atoms with Crippen molar-refractivity contribution >= 4 is 10.8 Å². The van der Waals surface area contributed by atoms with Gasteiger partial charge in [-0.1, -0.05) is 74.2 Å². The fourth-order valence-corrected chi connectivity index (χ4v) is 5.33. The fraction of sp³-hybridized carbons (Fsp3) is 0.300. The molecule has 5 rings (SSSR count). The van der Waals surface area contributed by atoms with E-state index in [9.17, 15) is 0 Å². The summed E-state index contributed by atoms with van der Waals surface area (Å²) in [5.74, 6) is 0.879. The van der Waals surface area contributed by atoms with Crippen LogP contribution < -0.4 is 4.57 Å². The lowest BCUT2D eigenvalue weighted by molar-refractivity contribution is -0.659. The normalized spacial score (nSPS) is 14.4. The zero-order valence-electron chi connectivity index (χ0n) is 19.0. The standard InChI is InChI=1S/C30H32N/c1-21-17-27(25-11-5-4-6-12-25)20-29(22(21)2)30-28-14-13-24(18-23-9-7-8-10-23)19-26(28)15-16-31(30)3/h4-6,11-17,19-20,23H,7-10,18H2,1-3H3/q+1. The van der Waals surface area contributed by atoms with Gasteiger partial charge in [-0.15, -0.1) is 0 Å². The summed E-state index contributed by atoms with van der Waals surface area (Å²) in [6.45, 7) is 4.49. The van der Waals surface area contributed by atoms with Crippen LogP contribution in [0.3, 0.4) is 0 Å². The highest BCUT2D eigenvalue weighted by Crippen LogP contribution is 2.35. The zero-order valence-corrected chi connectivity index (χ0v) is 19.0. The number of hydrogen-bond acceptors (Lipinski definition) is 0. The van der Waals surface area contributed by atoms with Gasteiger partial charge < -0.3 is 0 Å². The van der Waals surface area contributed by atoms with Crippen molar-refractivity contribution in [3.63, 3.8) is 0 Å². The molecule has 0 spiro atoms. The molecule has 0 unspecified atom stereocenters. The van der Waals surface area contributed by atoms with Crippen molar-refractivity contribution < 1.29 is 4.57 Å². The Labute approximate surface area is 186 Å². The average Bonchev–Trinajstić information content (AvgIpc) is 3.30. The number of aryl methyl sites for hydroxylation is 2. The molecule has 1 aliphatic rings. The number of hydrogen-bond donors (Lipinski definition) is 0. The molecule has 1 heteroatoms. The van der Waals surface area contributed by atoms with E-state index >= 15 is 0 Å². The number of nitrogens with zero attached hydrogens (tertiary/aromatic N) is 1. The molecular formula is C30H32N+. The smallest absolute Gasteiger partial charge is 0.200 e. The molecular weight excluding hydrogens is 374 g/mol. The van der Waals surface area contributed by atoms with Gasteiger partial charge in [-0.2, -0.15) is 0 Å². The molecule has 31 heavy (non-hydrogen) atoms. The van der Waals surface area contributed by atoms with Gasteiger partial charge >= 0.3 is 0 Å². The topological polar surface area (TPSA) is 3.88 Å². The minimum Gasteiger partial charge on any atom is -0.200 e. The molecule has 1 fully saturated rings. The van der Waals surface area contributed by atoms with Crippen molar-refractivity contribution in [3.05, 3.63) is 89.6 Å². The Hall–Kier alpha value is -2.93. The van der Waals surface area contributed by atoms with Crippen LogP contribution in [-0.4, -0.2) is 0 Å². The summed E-state index contributed by atoms with van der Waals surface area (Å²) in [4.78, 5) is 0. The number of benzene rings is 3. The highest BCUT2D eigenvalue weighted by molar-refractivity contribution is 5.95. The molecule has 1 aliphatic carbocycles. The van der Waals surface area contributed by atoms with Gasteiger partial charge in [-0.3, -0.25) is 0 Å². The first-order valence-corrected chi connectivity index (χ1v) is 11.7. The van der Waals surface area contributed by atoms with Crippen molar-refractivity contribution in [2.45, 2.75) is 46.0 Å². The lowest BCUT2D eigenvalue weighted by Gasteiger charge is -2.14. The summed E-state index contributed by atoms with van der Waals surface area (Å²) in [7, 11) is 2.17. The van der Waals surface area contributed by atoms with E-state index in [1.165, 1.54) is 82.0 Å². The summed E-state index contributed by atoms with van der Waals surface area (Å²) in [6.07, 6.45) is 9.08. The lowest BCUT2D eigenvalue weighted by Crippen LogP contribution is -2.30. The van der Waals surface area contributed by atoms with Crippen LogP contribution in [-0.2, 0) is 13.5 Å². The molecule has 0 amide bonds. The number of rotatable bonds is 4. The van der Waals surface area contributed by atoms with E-state index in [0.717, 1.165) is 5.92 Å². The molecule has 1 nitrogen and oxygen atoms in total. The molecule has 4 aromatic rings. The highest BCUT2D eigenvalue weighted by Gasteiger charge is 2.20. The molecule has 0 N–H and O–H groups in total. The van der Waals surface area contributed by atoms with Gasteiger partial charge in [0.15, 0.2) is 6.20 Å². The van der Waals surface area contributed by atoms with E-state index in [1.807, 2.05) is 0 Å². The highest BCUT2D eigenvalue weighted by atomic mass is 14.9. The number of fused-ring (bicyclic) bond motifs is 1. The third-order valence-electron chi connectivity index (χ3n) is 7.23. The SMILES string of the molecule is Cc1cc(-c2ccccc2)cc(-c2c3ccc(CC4CCCC4)cc3cc[n+]2C)c1C. The van der Waals surface area contributed by atoms with Crippen molar-refractivity contribution in [1.82, 2.24) is 0 Å². The van der Waals surface area contributed by atoms with Gasteiger partial charge in [-0.25, -0.2) is 4.57 Å². The monoisotopic (exact) mass is 406 g/mol. The average molecular weight is 407 g/mol. The third kappa shape index (κ3) is 3.90. The predicted molar refractivity (Wildman–Crippen MR) is 131 cm³/mol. The summed E-state index contributed by atoms with van der Waals surface area (Å²) in [6, 6.07) is 24.9. The molecule has 1 saturated carbocycles. The minimum atomic E-state index is 0.879. The van der Waals surface area contributed by atoms with Crippen LogP contribution >= 0.6 is 0 Å². The van der Waals surface area contributed by atoms with Crippen LogP contribution in [0, 0.1) is 19.8 Å². The summed E-state index contributed by atoms with van der Waals surface area (Å²) in [5, 5.41) is 2.69. The van der Waals surface area contributed by atoms with Crippen LogP contribution in [0.4, 0.5) is 0 Å². The van der Waals surface area contributed by atoms with Gasteiger partial charge in [0.2, 0.25) is 5.69 Å². The molecule has 156 valence electrons. The third-order valence-corrected chi connectivity index (χ3v) is 7.23. The molecule has 3 aromatic carbocycles. The van der Waals surface area contributed by atoms with Crippen molar-refractivity contribution in [2.75, 3.05) is 0 Å². The second kappa shape index (κ2) is 8.30. The first-order valence-electron chi connectivity index (χ1n) is 11.7. The van der Waals surface area contributed by atoms with Gasteiger partial charge in [0.05, 0.1) is 10.9 Å². The lowest BCUT2D eigenvalue weighted by atomic mass is 9.91. The van der Waals surface area contributed by atoms with Crippen LogP contribution in [0.15, 0.2) is 72.9 Å². The molecule has 0 atom stereocenters. The van der Waals surface area contributed by atoms with Gasteiger partial charge in [-0.05, 0) is 71.5 Å². The summed E-state index contributed by atoms with van der Waals surface area (Å²) in [5.41, 5.74) is 9.38. The van der Waals surface area contributed by atoms with E-state index < -0.39 is 0 Å². The van der Waals surface area contributed by atoms with E-state index in [0.29, 0.717) is 0 Å². The molecule has 1 heterocycles. The maximum absolute atomic E-state index is 2.43. The molecule has 0 radical (unpaired) electrons. The molecule has 0 saturated heterocycles. The van der Waals surface area contributed by atoms with Crippen LogP contribution in [0.5, 0.6) is 0 Å². The predicted octanol–water partition coefficient (Wildman–Crippen LogP) is 7.35. The Morgan fingerprint density at radius 1 is 0.839 bits per heavy atom. The quantitative estimate of drug-likeness (QED) is 0.312. The first kappa shape index (κ1) is 20.0. The Kier molecular flexibility index (Phi) is 5.36. The summed E-state index contributed by atoms with van der Waals surface area (Å²) >= 11 is 0. The van der Waals surface area contributed by atoms with Crippen LogP contribution in [0.1, 0.15) is 42.4 Å². The molecule has 1 aromatic heterocycles. The largest absolute Gasteiger partial charge is 0.220 e. The van der Waals surface area contributed by atoms with E-state index in [1.54, 1.807) is 0 Å². The van der Waals surface area contributed by atoms with Gasteiger partial charge in [0.25, 0.3) is 0 Å². The van der Waals surface area contributed by atoms with Gasteiger partial charge in [0.1, 0.15) is 7.05 Å². The van der Waals surface area contributed by atoms with Gasteiger partial charge in [0, 0.05) is 6.07 Å². The Balaban J connectivity index is 1.64. The number of aromatic nitrogens is 1. The van der Waals surface area contributed by atoms with E-state index in [4.69, 9.17) is 0 Å². The maximum Gasteiger partial charge on any atom is 0.220 e. The minimum absolute atomic E-state index is 0.879. The first-order chi connectivity index (χ1) is 15.1. The summed E-state index contributed by atoms with van der Waals surface area (Å²) < 4.78 is 2.29. The zero-order chi connectivity index (χ0) is 21.4. The second-order valence-corrected chi connectivity index (χ2v) is 9.38. The fourth-order valence-electron chi connectivity index (χ4n) is 5.33. The van der Waals surface area contributed by atoms with Crippen molar-refractivity contribution in [1.29, 1.82) is 0 Å². The maximum atomic E-state index is 2.43. The van der Waals surface area contributed by atoms with Crippen LogP contribution in [0.25, 0.3) is 33.2 Å². The second-order valence-electron chi connectivity index (χ2n) is 9.38.